The maximum absolute atomic E-state index is 13.6. The molecule has 0 bridgehead atoms. The smallest absolute Gasteiger partial charge is 0.254 e. The quantitative estimate of drug-likeness (QED) is 0.542. The van der Waals surface area contributed by atoms with Gasteiger partial charge in [-0.1, -0.05) is 42.5 Å². The highest BCUT2D eigenvalue weighted by Gasteiger charge is 2.43. The first-order valence-corrected chi connectivity index (χ1v) is 10.6. The summed E-state index contributed by atoms with van der Waals surface area (Å²) in [6.07, 6.45) is 5.49. The van der Waals surface area contributed by atoms with Crippen molar-refractivity contribution in [1.82, 2.24) is 19.8 Å². The van der Waals surface area contributed by atoms with Gasteiger partial charge in [-0.15, -0.1) is 0 Å². The summed E-state index contributed by atoms with van der Waals surface area (Å²) in [5, 5.41) is 4.12. The normalized spacial score (nSPS) is 17.9. The molecule has 1 N–H and O–H groups in total. The van der Waals surface area contributed by atoms with Crippen LogP contribution in [-0.4, -0.2) is 33.3 Å². The Morgan fingerprint density at radius 2 is 1.78 bits per heavy atom. The van der Waals surface area contributed by atoms with E-state index in [0.29, 0.717) is 12.1 Å². The second kappa shape index (κ2) is 7.96. The minimum absolute atomic E-state index is 0.0742. The van der Waals surface area contributed by atoms with Crippen molar-refractivity contribution >= 4 is 22.7 Å². The minimum atomic E-state index is -0.531. The van der Waals surface area contributed by atoms with Gasteiger partial charge in [-0.3, -0.25) is 14.6 Å². The highest BCUT2D eigenvalue weighted by atomic mass is 16.2. The molecule has 0 fully saturated rings. The summed E-state index contributed by atoms with van der Waals surface area (Å²) in [7, 11) is 3.77. The van der Waals surface area contributed by atoms with Crippen LogP contribution in [0.5, 0.6) is 0 Å². The second-order valence-corrected chi connectivity index (χ2v) is 8.22. The molecule has 2 aromatic carbocycles. The highest BCUT2D eigenvalue weighted by molar-refractivity contribution is 6.02. The zero-order valence-electron chi connectivity index (χ0n) is 18.0. The number of carbonyl (C=O) groups is 2. The molecule has 2 aromatic heterocycles. The summed E-state index contributed by atoms with van der Waals surface area (Å²) in [4.78, 5) is 32.7. The van der Waals surface area contributed by atoms with E-state index in [9.17, 15) is 9.59 Å². The topological polar surface area (TPSA) is 67.2 Å². The fourth-order valence-electron chi connectivity index (χ4n) is 4.76. The number of hydrogen-bond donors (Lipinski definition) is 1. The van der Waals surface area contributed by atoms with Crippen molar-refractivity contribution in [3.63, 3.8) is 0 Å². The van der Waals surface area contributed by atoms with Gasteiger partial charge >= 0.3 is 0 Å². The summed E-state index contributed by atoms with van der Waals surface area (Å²) in [5.74, 6) is -0.718. The second-order valence-electron chi connectivity index (χ2n) is 8.22. The van der Waals surface area contributed by atoms with E-state index in [1.165, 1.54) is 0 Å². The average Bonchev–Trinajstić information content (AvgIpc) is 3.16. The van der Waals surface area contributed by atoms with Crippen molar-refractivity contribution in [2.75, 3.05) is 7.05 Å². The summed E-state index contributed by atoms with van der Waals surface area (Å²) in [6, 6.07) is 18.9. The van der Waals surface area contributed by atoms with Crippen molar-refractivity contribution < 1.29 is 9.59 Å². The lowest BCUT2D eigenvalue weighted by molar-refractivity contribution is -0.124. The van der Waals surface area contributed by atoms with Crippen LogP contribution in [0.4, 0.5) is 0 Å². The average molecular weight is 425 g/mol. The Bertz CT molecular complexity index is 1310. The minimum Gasteiger partial charge on any atom is -0.351 e. The molecule has 32 heavy (non-hydrogen) atoms. The number of aromatic nitrogens is 2. The molecular formula is C26H24N4O2. The number of benzene rings is 2. The van der Waals surface area contributed by atoms with Gasteiger partial charge in [0.05, 0.1) is 12.0 Å². The maximum Gasteiger partial charge on any atom is 0.254 e. The SMILES string of the molecule is CN1C(=O)c2ccccc2C(C(=O)NCc2cccnc2)C1c1cn(C)c2ccccc12. The van der Waals surface area contributed by atoms with Crippen molar-refractivity contribution in [3.05, 3.63) is 102 Å². The Balaban J connectivity index is 1.61. The summed E-state index contributed by atoms with van der Waals surface area (Å²) < 4.78 is 2.05. The number of nitrogens with zero attached hydrogens (tertiary/aromatic N) is 3. The van der Waals surface area contributed by atoms with Crippen LogP contribution in [0, 0.1) is 0 Å². The van der Waals surface area contributed by atoms with Crippen LogP contribution in [-0.2, 0) is 18.4 Å². The fourth-order valence-corrected chi connectivity index (χ4v) is 4.76. The number of likely N-dealkylation sites (N-methyl/N-ethyl adjacent to an activating group) is 1. The largest absolute Gasteiger partial charge is 0.351 e. The van der Waals surface area contributed by atoms with E-state index in [1.54, 1.807) is 30.4 Å². The summed E-state index contributed by atoms with van der Waals surface area (Å²) in [6.45, 7) is 0.380. The number of pyridine rings is 1. The third-order valence-corrected chi connectivity index (χ3v) is 6.30. The summed E-state index contributed by atoms with van der Waals surface area (Å²) >= 11 is 0. The molecule has 0 spiro atoms. The van der Waals surface area contributed by atoms with Crippen LogP contribution >= 0.6 is 0 Å². The first-order valence-electron chi connectivity index (χ1n) is 10.6. The monoisotopic (exact) mass is 424 g/mol. The Hall–Kier alpha value is -3.93. The molecule has 4 aromatic rings. The van der Waals surface area contributed by atoms with Crippen LogP contribution in [0.1, 0.15) is 39.0 Å². The standard InChI is InChI=1S/C26H24N4O2/c1-29-16-21(18-9-5-6-12-22(18)29)24-23(25(31)28-15-17-8-7-13-27-14-17)19-10-3-4-11-20(19)26(32)30(24)2/h3-14,16,23-24H,15H2,1-2H3,(H,28,31). The Morgan fingerprint density at radius 3 is 2.59 bits per heavy atom. The van der Waals surface area contributed by atoms with Gasteiger partial charge in [-0.05, 0) is 29.3 Å². The van der Waals surface area contributed by atoms with E-state index >= 15 is 0 Å². The molecule has 2 amide bonds. The number of para-hydroxylation sites is 1. The lowest BCUT2D eigenvalue weighted by Gasteiger charge is -2.39. The lowest BCUT2D eigenvalue weighted by atomic mass is 9.79. The highest BCUT2D eigenvalue weighted by Crippen LogP contribution is 2.44. The Morgan fingerprint density at radius 1 is 1.00 bits per heavy atom. The van der Waals surface area contributed by atoms with E-state index in [-0.39, 0.29) is 11.8 Å². The molecule has 1 aliphatic heterocycles. The molecule has 6 nitrogen and oxygen atoms in total. The molecular weight excluding hydrogens is 400 g/mol. The maximum atomic E-state index is 13.6. The molecule has 160 valence electrons. The third kappa shape index (κ3) is 3.24. The number of hydrogen-bond acceptors (Lipinski definition) is 3. The van der Waals surface area contributed by atoms with Gasteiger partial charge in [-0.25, -0.2) is 0 Å². The predicted octanol–water partition coefficient (Wildman–Crippen LogP) is 3.80. The number of fused-ring (bicyclic) bond motifs is 2. The predicted molar refractivity (Wildman–Crippen MR) is 123 cm³/mol. The number of amides is 2. The van der Waals surface area contributed by atoms with Crippen LogP contribution in [0.25, 0.3) is 10.9 Å². The third-order valence-electron chi connectivity index (χ3n) is 6.30. The van der Waals surface area contributed by atoms with Crippen LogP contribution in [0.3, 0.4) is 0 Å². The van der Waals surface area contributed by atoms with Gasteiger partial charge in [0, 0.05) is 61.3 Å². The number of rotatable bonds is 4. The van der Waals surface area contributed by atoms with Gasteiger partial charge in [0.1, 0.15) is 0 Å². The molecule has 6 heteroatoms. The fraction of sp³-hybridized carbons (Fsp3) is 0.192. The molecule has 0 saturated carbocycles. The van der Waals surface area contributed by atoms with Gasteiger partial charge < -0.3 is 14.8 Å². The molecule has 0 saturated heterocycles. The van der Waals surface area contributed by atoms with Crippen LogP contribution in [0.15, 0.2) is 79.3 Å². The molecule has 5 rings (SSSR count). The number of nitrogens with one attached hydrogen (secondary N) is 1. The van der Waals surface area contributed by atoms with E-state index in [0.717, 1.165) is 27.6 Å². The molecule has 2 atom stereocenters. The van der Waals surface area contributed by atoms with Crippen LogP contribution in [0.2, 0.25) is 0 Å². The summed E-state index contributed by atoms with van der Waals surface area (Å²) in [5.41, 5.74) is 4.30. The molecule has 2 unspecified atom stereocenters. The molecule has 1 aliphatic rings. The van der Waals surface area contributed by atoms with E-state index in [4.69, 9.17) is 0 Å². The van der Waals surface area contributed by atoms with Crippen LogP contribution < -0.4 is 5.32 Å². The molecule has 3 heterocycles. The van der Waals surface area contributed by atoms with E-state index in [1.807, 2.05) is 66.3 Å². The Kier molecular flexibility index (Phi) is 4.98. The first-order chi connectivity index (χ1) is 15.6. The number of carbonyl (C=O) groups excluding carboxylic acids is 2. The van der Waals surface area contributed by atoms with Crippen molar-refractivity contribution in [3.8, 4) is 0 Å². The van der Waals surface area contributed by atoms with Gasteiger partial charge in [0.15, 0.2) is 0 Å². The van der Waals surface area contributed by atoms with Gasteiger partial charge in [-0.2, -0.15) is 0 Å². The Labute approximate surface area is 186 Å². The van der Waals surface area contributed by atoms with Crippen molar-refractivity contribution in [2.24, 2.45) is 7.05 Å². The van der Waals surface area contributed by atoms with Gasteiger partial charge in [0.2, 0.25) is 5.91 Å². The van der Waals surface area contributed by atoms with E-state index in [2.05, 4.69) is 16.4 Å². The van der Waals surface area contributed by atoms with Crippen molar-refractivity contribution in [2.45, 2.75) is 18.5 Å². The van der Waals surface area contributed by atoms with Gasteiger partial charge in [0.25, 0.3) is 5.91 Å². The molecule has 0 radical (unpaired) electrons. The zero-order chi connectivity index (χ0) is 22.2. The first kappa shape index (κ1) is 20.0. The lowest BCUT2D eigenvalue weighted by Crippen LogP contribution is -2.45. The zero-order valence-corrected chi connectivity index (χ0v) is 18.0. The van der Waals surface area contributed by atoms with E-state index < -0.39 is 12.0 Å². The molecule has 0 aliphatic carbocycles. The number of aryl methyl sites for hydroxylation is 1. The van der Waals surface area contributed by atoms with Crippen molar-refractivity contribution in [1.29, 1.82) is 0 Å².